The zero-order chi connectivity index (χ0) is 19.2. The number of hydrogen-bond donors (Lipinski definition) is 1. The van der Waals surface area contributed by atoms with Gasteiger partial charge in [0.1, 0.15) is 0 Å². The van der Waals surface area contributed by atoms with Crippen LogP contribution in [0.5, 0.6) is 0 Å². The monoisotopic (exact) mass is 389 g/mol. The van der Waals surface area contributed by atoms with E-state index in [0.717, 1.165) is 36.2 Å². The maximum absolute atomic E-state index is 12.0. The van der Waals surface area contributed by atoms with E-state index in [-0.39, 0.29) is 11.1 Å². The predicted molar refractivity (Wildman–Crippen MR) is 111 cm³/mol. The summed E-state index contributed by atoms with van der Waals surface area (Å²) in [6.07, 6.45) is 1.70. The number of amides is 2. The first-order valence-corrected chi connectivity index (χ1v) is 11.0. The van der Waals surface area contributed by atoms with Crippen LogP contribution in [-0.2, 0) is 17.9 Å². The molecule has 0 radical (unpaired) electrons. The van der Waals surface area contributed by atoms with Gasteiger partial charge in [0, 0.05) is 51.4 Å². The van der Waals surface area contributed by atoms with E-state index in [1.807, 2.05) is 0 Å². The largest absolute Gasteiger partial charge is 0.352 e. The zero-order valence-electron chi connectivity index (χ0n) is 16.4. The van der Waals surface area contributed by atoms with Gasteiger partial charge in [0.15, 0.2) is 0 Å². The van der Waals surface area contributed by atoms with Crippen LogP contribution in [0.3, 0.4) is 0 Å². The quantitative estimate of drug-likeness (QED) is 0.777. The van der Waals surface area contributed by atoms with Crippen LogP contribution in [0.4, 0.5) is 4.79 Å². The van der Waals surface area contributed by atoms with Crippen molar-refractivity contribution in [1.29, 1.82) is 0 Å². The van der Waals surface area contributed by atoms with E-state index in [1.54, 1.807) is 4.90 Å². The Labute approximate surface area is 166 Å². The lowest BCUT2D eigenvalue weighted by Crippen LogP contribution is -2.38. The van der Waals surface area contributed by atoms with Crippen LogP contribution in [0.2, 0.25) is 0 Å². The van der Waals surface area contributed by atoms with Crippen LogP contribution in [0, 0.1) is 11.8 Å². The summed E-state index contributed by atoms with van der Waals surface area (Å²) in [6.45, 7) is 9.86. The fourth-order valence-corrected chi connectivity index (χ4v) is 4.95. The fraction of sp³-hybridized carbons (Fsp3) is 0.619. The molecule has 2 amide bonds. The second-order valence-corrected chi connectivity index (χ2v) is 9.13. The first-order valence-electron chi connectivity index (χ1n) is 9.98. The van der Waals surface area contributed by atoms with Gasteiger partial charge in [0.2, 0.25) is 5.91 Å². The van der Waals surface area contributed by atoms with E-state index in [4.69, 9.17) is 0 Å². The van der Waals surface area contributed by atoms with Gasteiger partial charge in [-0.05, 0) is 29.4 Å². The van der Waals surface area contributed by atoms with Gasteiger partial charge < -0.3 is 10.2 Å². The molecule has 2 fully saturated rings. The van der Waals surface area contributed by atoms with E-state index < -0.39 is 0 Å². The summed E-state index contributed by atoms with van der Waals surface area (Å²) in [4.78, 5) is 27.8. The lowest BCUT2D eigenvalue weighted by Gasteiger charge is -2.35. The smallest absolute Gasteiger partial charge is 0.281 e. The molecule has 3 rings (SSSR count). The van der Waals surface area contributed by atoms with Gasteiger partial charge in [-0.15, -0.1) is 0 Å². The molecule has 0 aliphatic carbocycles. The predicted octanol–water partition coefficient (Wildman–Crippen LogP) is 3.34. The van der Waals surface area contributed by atoms with Crippen LogP contribution in [0.25, 0.3) is 0 Å². The molecule has 2 atom stereocenters. The number of rotatable bonds is 7. The van der Waals surface area contributed by atoms with Crippen molar-refractivity contribution in [2.45, 2.75) is 39.8 Å². The number of nitrogens with one attached hydrogen (secondary N) is 1. The Morgan fingerprint density at radius 3 is 2.44 bits per heavy atom. The lowest BCUT2D eigenvalue weighted by molar-refractivity contribution is -0.121. The molecule has 1 aromatic carbocycles. The van der Waals surface area contributed by atoms with Gasteiger partial charge in [-0.25, -0.2) is 0 Å². The van der Waals surface area contributed by atoms with Gasteiger partial charge in [-0.3, -0.25) is 14.5 Å². The zero-order valence-corrected chi connectivity index (χ0v) is 17.3. The SMILES string of the molecule is C[C@@H]1C[C@H](C)CN(Cc2ccc(CNC(=O)CCN3CCSC3=O)cc2)C1. The van der Waals surface area contributed by atoms with Crippen molar-refractivity contribution in [1.82, 2.24) is 15.1 Å². The van der Waals surface area contributed by atoms with Gasteiger partial charge in [-0.2, -0.15) is 0 Å². The normalized spacial score (nSPS) is 23.6. The summed E-state index contributed by atoms with van der Waals surface area (Å²) >= 11 is 1.33. The van der Waals surface area contributed by atoms with E-state index in [0.29, 0.717) is 19.5 Å². The average molecular weight is 390 g/mol. The molecule has 1 N–H and O–H groups in total. The molecule has 2 aliphatic rings. The summed E-state index contributed by atoms with van der Waals surface area (Å²) in [5, 5.41) is 3.05. The van der Waals surface area contributed by atoms with Crippen molar-refractivity contribution in [3.05, 3.63) is 35.4 Å². The van der Waals surface area contributed by atoms with Crippen LogP contribution in [0.15, 0.2) is 24.3 Å². The molecule has 0 bridgehead atoms. The number of likely N-dealkylation sites (tertiary alicyclic amines) is 1. The summed E-state index contributed by atoms with van der Waals surface area (Å²) < 4.78 is 0. The molecule has 1 aromatic rings. The second-order valence-electron chi connectivity index (χ2n) is 8.08. The summed E-state index contributed by atoms with van der Waals surface area (Å²) in [5.74, 6) is 2.39. The Morgan fingerprint density at radius 1 is 1.15 bits per heavy atom. The lowest BCUT2D eigenvalue weighted by atomic mass is 9.91. The molecule has 6 heteroatoms. The van der Waals surface area contributed by atoms with E-state index in [2.05, 4.69) is 48.3 Å². The molecular weight excluding hydrogens is 358 g/mol. The molecular formula is C21H31N3O2S. The Hall–Kier alpha value is -1.53. The Bertz CT molecular complexity index is 639. The molecule has 27 heavy (non-hydrogen) atoms. The first kappa shape index (κ1) is 20.2. The number of carbonyl (C=O) groups excluding carboxylic acids is 2. The summed E-state index contributed by atoms with van der Waals surface area (Å²) in [6, 6.07) is 8.55. The molecule has 0 saturated carbocycles. The maximum atomic E-state index is 12.0. The van der Waals surface area contributed by atoms with Gasteiger partial charge in [0.25, 0.3) is 5.24 Å². The third-order valence-electron chi connectivity index (χ3n) is 5.32. The Kier molecular flexibility index (Phi) is 7.19. The molecule has 2 heterocycles. The van der Waals surface area contributed by atoms with Crippen molar-refractivity contribution in [2.24, 2.45) is 11.8 Å². The highest BCUT2D eigenvalue weighted by atomic mass is 32.2. The number of piperidine rings is 1. The molecule has 5 nitrogen and oxygen atoms in total. The van der Waals surface area contributed by atoms with Crippen molar-refractivity contribution in [2.75, 3.05) is 31.9 Å². The molecule has 2 aliphatic heterocycles. The Morgan fingerprint density at radius 2 is 1.81 bits per heavy atom. The van der Waals surface area contributed by atoms with E-state index in [1.165, 1.54) is 36.8 Å². The first-order chi connectivity index (χ1) is 13.0. The second kappa shape index (κ2) is 9.60. The number of carbonyl (C=O) groups is 2. The van der Waals surface area contributed by atoms with Crippen molar-refractivity contribution in [3.63, 3.8) is 0 Å². The van der Waals surface area contributed by atoms with Crippen LogP contribution >= 0.6 is 11.8 Å². The van der Waals surface area contributed by atoms with Gasteiger partial charge in [0.05, 0.1) is 0 Å². The third kappa shape index (κ3) is 6.25. The number of benzene rings is 1. The minimum absolute atomic E-state index is 0.0000634. The van der Waals surface area contributed by atoms with Crippen molar-refractivity contribution in [3.8, 4) is 0 Å². The molecule has 148 valence electrons. The Balaban J connectivity index is 1.39. The topological polar surface area (TPSA) is 52.7 Å². The third-order valence-corrected chi connectivity index (χ3v) is 6.21. The number of thioether (sulfide) groups is 1. The van der Waals surface area contributed by atoms with Gasteiger partial charge in [-0.1, -0.05) is 49.9 Å². The highest BCUT2D eigenvalue weighted by molar-refractivity contribution is 8.13. The minimum Gasteiger partial charge on any atom is -0.352 e. The highest BCUT2D eigenvalue weighted by Gasteiger charge is 2.22. The molecule has 0 spiro atoms. The minimum atomic E-state index is 0.0000634. The highest BCUT2D eigenvalue weighted by Crippen LogP contribution is 2.22. The number of hydrogen-bond acceptors (Lipinski definition) is 4. The van der Waals surface area contributed by atoms with E-state index >= 15 is 0 Å². The number of nitrogens with zero attached hydrogens (tertiary/aromatic N) is 2. The standard InChI is InChI=1S/C21H31N3O2S/c1-16-11-17(2)14-23(13-16)15-19-5-3-18(4-6-19)12-22-20(25)7-8-24-9-10-27-21(24)26/h3-6,16-17H,7-15H2,1-2H3,(H,22,25)/t16-,17+. The molecule has 0 aromatic heterocycles. The molecule has 2 saturated heterocycles. The summed E-state index contributed by atoms with van der Waals surface area (Å²) in [7, 11) is 0. The van der Waals surface area contributed by atoms with Gasteiger partial charge >= 0.3 is 0 Å². The average Bonchev–Trinajstić information content (AvgIpc) is 3.03. The maximum Gasteiger partial charge on any atom is 0.281 e. The van der Waals surface area contributed by atoms with Crippen LogP contribution in [0.1, 0.15) is 37.8 Å². The van der Waals surface area contributed by atoms with Crippen LogP contribution in [-0.4, -0.2) is 52.9 Å². The fourth-order valence-electron chi connectivity index (χ4n) is 4.10. The van der Waals surface area contributed by atoms with E-state index in [9.17, 15) is 9.59 Å². The van der Waals surface area contributed by atoms with Crippen molar-refractivity contribution >= 4 is 22.9 Å². The van der Waals surface area contributed by atoms with Crippen LogP contribution < -0.4 is 5.32 Å². The summed E-state index contributed by atoms with van der Waals surface area (Å²) in [5.41, 5.74) is 2.44. The molecule has 0 unspecified atom stereocenters. The van der Waals surface area contributed by atoms with Crippen molar-refractivity contribution < 1.29 is 9.59 Å².